The van der Waals surface area contributed by atoms with Gasteiger partial charge in [-0.2, -0.15) is 0 Å². The van der Waals surface area contributed by atoms with Crippen LogP contribution >= 0.6 is 0 Å². The van der Waals surface area contributed by atoms with Crippen LogP contribution in [0.15, 0.2) is 48.6 Å². The number of hydrogen-bond acceptors (Lipinski definition) is 4. The molecule has 1 aromatic carbocycles. The van der Waals surface area contributed by atoms with Gasteiger partial charge >= 0.3 is 11.9 Å². The van der Waals surface area contributed by atoms with Gasteiger partial charge in [0.25, 0.3) is 0 Å². The number of aliphatic carboxylic acids is 1. The van der Waals surface area contributed by atoms with Crippen molar-refractivity contribution >= 4 is 18.0 Å². The number of ether oxygens (including phenoxy) is 1. The van der Waals surface area contributed by atoms with E-state index in [0.717, 1.165) is 11.6 Å². The minimum absolute atomic E-state index is 0.288. The highest BCUT2D eigenvalue weighted by molar-refractivity contribution is 5.87. The first kappa shape index (κ1) is 17.6. The van der Waals surface area contributed by atoms with Gasteiger partial charge in [0.1, 0.15) is 0 Å². The van der Waals surface area contributed by atoms with E-state index < -0.39 is 18.2 Å². The van der Waals surface area contributed by atoms with Crippen molar-refractivity contribution in [1.29, 1.82) is 0 Å². The summed E-state index contributed by atoms with van der Waals surface area (Å²) in [6, 6.07) is 9.31. The summed E-state index contributed by atoms with van der Waals surface area (Å²) >= 11 is 0. The number of carboxylic acids is 1. The maximum Gasteiger partial charge on any atom is 0.335 e. The molecule has 0 aromatic heterocycles. The topological polar surface area (TPSA) is 83.8 Å². The molecule has 1 aromatic rings. The number of carbonyl (C=O) groups is 2. The number of carboxylic acid groups (broad SMARTS) is 1. The van der Waals surface area contributed by atoms with Gasteiger partial charge in [0.15, 0.2) is 6.29 Å². The third-order valence-electron chi connectivity index (χ3n) is 1.84. The Kier molecular flexibility index (Phi) is 8.38. The molecule has 0 spiro atoms. The SMILES string of the molecule is C=C(C)C(=O)OC(C)O.O=C(O)C=Cc1ccccc1. The minimum Gasteiger partial charge on any atom is -0.478 e. The van der Waals surface area contributed by atoms with Crippen LogP contribution in [0.3, 0.4) is 0 Å². The highest BCUT2D eigenvalue weighted by atomic mass is 16.6. The van der Waals surface area contributed by atoms with Crippen molar-refractivity contribution < 1.29 is 24.5 Å². The van der Waals surface area contributed by atoms with Crippen LogP contribution < -0.4 is 0 Å². The van der Waals surface area contributed by atoms with Crippen molar-refractivity contribution in [3.05, 3.63) is 54.1 Å². The van der Waals surface area contributed by atoms with Crippen molar-refractivity contribution in [3.8, 4) is 0 Å². The number of esters is 1. The predicted octanol–water partition coefficient (Wildman–Crippen LogP) is 2.23. The molecule has 5 nitrogen and oxygen atoms in total. The summed E-state index contributed by atoms with van der Waals surface area (Å²) in [4.78, 5) is 20.6. The van der Waals surface area contributed by atoms with E-state index in [1.807, 2.05) is 30.3 Å². The molecule has 0 saturated carbocycles. The predicted molar refractivity (Wildman–Crippen MR) is 75.7 cm³/mol. The average molecular weight is 278 g/mol. The Bertz CT molecular complexity index is 474. The lowest BCUT2D eigenvalue weighted by atomic mass is 10.2. The maximum atomic E-state index is 10.5. The van der Waals surface area contributed by atoms with Gasteiger partial charge in [0.2, 0.25) is 0 Å². The molecule has 0 aliphatic heterocycles. The van der Waals surface area contributed by atoms with Gasteiger partial charge in [0.05, 0.1) is 0 Å². The number of rotatable bonds is 4. The van der Waals surface area contributed by atoms with E-state index in [-0.39, 0.29) is 5.57 Å². The molecule has 1 rings (SSSR count). The van der Waals surface area contributed by atoms with Crippen LogP contribution in [0.2, 0.25) is 0 Å². The Balaban J connectivity index is 0.000000370. The van der Waals surface area contributed by atoms with Crippen molar-refractivity contribution in [1.82, 2.24) is 0 Å². The van der Waals surface area contributed by atoms with Crippen LogP contribution in [0.4, 0.5) is 0 Å². The largest absolute Gasteiger partial charge is 0.478 e. The third kappa shape index (κ3) is 9.61. The Morgan fingerprint density at radius 2 is 1.85 bits per heavy atom. The van der Waals surface area contributed by atoms with Crippen molar-refractivity contribution in [2.45, 2.75) is 20.1 Å². The smallest absolute Gasteiger partial charge is 0.335 e. The summed E-state index contributed by atoms with van der Waals surface area (Å²) in [7, 11) is 0. The van der Waals surface area contributed by atoms with Gasteiger partial charge in [-0.3, -0.25) is 0 Å². The number of carbonyl (C=O) groups excluding carboxylic acids is 1. The summed E-state index contributed by atoms with van der Waals surface area (Å²) in [5.41, 5.74) is 1.19. The number of aliphatic hydroxyl groups is 1. The highest BCUT2D eigenvalue weighted by Gasteiger charge is 2.04. The maximum absolute atomic E-state index is 10.5. The molecule has 0 bridgehead atoms. The van der Waals surface area contributed by atoms with Crippen LogP contribution in [0.5, 0.6) is 0 Å². The molecular weight excluding hydrogens is 260 g/mol. The lowest BCUT2D eigenvalue weighted by molar-refractivity contribution is -0.159. The molecule has 0 amide bonds. The van der Waals surface area contributed by atoms with Crippen LogP contribution in [0, 0.1) is 0 Å². The number of aliphatic hydroxyl groups excluding tert-OH is 1. The van der Waals surface area contributed by atoms with Gasteiger partial charge in [-0.05, 0) is 25.5 Å². The van der Waals surface area contributed by atoms with E-state index in [1.54, 1.807) is 6.08 Å². The van der Waals surface area contributed by atoms with Gasteiger partial charge in [-0.25, -0.2) is 9.59 Å². The lowest BCUT2D eigenvalue weighted by Crippen LogP contribution is -2.13. The van der Waals surface area contributed by atoms with Gasteiger partial charge in [0, 0.05) is 11.6 Å². The second-order valence-electron chi connectivity index (χ2n) is 3.87. The first-order valence-electron chi connectivity index (χ1n) is 5.83. The Hall–Kier alpha value is -2.40. The number of benzene rings is 1. The van der Waals surface area contributed by atoms with Gasteiger partial charge < -0.3 is 14.9 Å². The quantitative estimate of drug-likeness (QED) is 0.501. The molecule has 0 saturated heterocycles. The Morgan fingerprint density at radius 3 is 2.20 bits per heavy atom. The molecule has 0 aliphatic carbocycles. The summed E-state index contributed by atoms with van der Waals surface area (Å²) in [6.07, 6.45) is 1.63. The van der Waals surface area contributed by atoms with E-state index in [1.165, 1.54) is 13.8 Å². The normalized spacial score (nSPS) is 11.2. The third-order valence-corrected chi connectivity index (χ3v) is 1.84. The molecule has 5 heteroatoms. The fraction of sp³-hybridized carbons (Fsp3) is 0.200. The Labute approximate surface area is 117 Å². The van der Waals surface area contributed by atoms with E-state index in [4.69, 9.17) is 10.2 Å². The van der Waals surface area contributed by atoms with Crippen molar-refractivity contribution in [2.24, 2.45) is 0 Å². The zero-order valence-electron chi connectivity index (χ0n) is 11.4. The first-order valence-corrected chi connectivity index (χ1v) is 5.83. The zero-order chi connectivity index (χ0) is 15.5. The molecule has 0 fully saturated rings. The molecule has 0 radical (unpaired) electrons. The van der Waals surface area contributed by atoms with Crippen LogP contribution in [-0.2, 0) is 14.3 Å². The zero-order valence-corrected chi connectivity index (χ0v) is 11.4. The summed E-state index contributed by atoms with van der Waals surface area (Å²) in [5.74, 6) is -1.49. The molecule has 0 heterocycles. The number of hydrogen-bond donors (Lipinski definition) is 2. The molecular formula is C15H18O5. The van der Waals surface area contributed by atoms with E-state index >= 15 is 0 Å². The molecule has 108 valence electrons. The first-order chi connectivity index (χ1) is 9.32. The molecule has 0 aliphatic rings. The van der Waals surface area contributed by atoms with Crippen molar-refractivity contribution in [3.63, 3.8) is 0 Å². The lowest BCUT2D eigenvalue weighted by Gasteiger charge is -2.04. The summed E-state index contributed by atoms with van der Waals surface area (Å²) < 4.78 is 4.33. The van der Waals surface area contributed by atoms with Gasteiger partial charge in [-0.1, -0.05) is 36.9 Å². The summed E-state index contributed by atoms with van der Waals surface area (Å²) in [6.45, 7) is 6.20. The minimum atomic E-state index is -1.05. The summed E-state index contributed by atoms with van der Waals surface area (Å²) in [5, 5.41) is 16.8. The second-order valence-corrected chi connectivity index (χ2v) is 3.87. The molecule has 1 unspecified atom stereocenters. The standard InChI is InChI=1S/C9H8O2.C6H10O3/c10-9(11)7-6-8-4-2-1-3-5-8;1-4(2)6(8)9-5(3)7/h1-7H,(H,10,11);5,7H,1H2,2-3H3. The highest BCUT2D eigenvalue weighted by Crippen LogP contribution is 1.99. The van der Waals surface area contributed by atoms with E-state index in [0.29, 0.717) is 0 Å². The second kappa shape index (κ2) is 9.52. The molecule has 20 heavy (non-hydrogen) atoms. The van der Waals surface area contributed by atoms with Crippen LogP contribution in [0.25, 0.3) is 6.08 Å². The van der Waals surface area contributed by atoms with Crippen LogP contribution in [0.1, 0.15) is 19.4 Å². The fourth-order valence-corrected chi connectivity index (χ4v) is 0.987. The molecule has 2 N–H and O–H groups in total. The van der Waals surface area contributed by atoms with E-state index in [2.05, 4.69) is 11.3 Å². The van der Waals surface area contributed by atoms with Gasteiger partial charge in [-0.15, -0.1) is 0 Å². The van der Waals surface area contributed by atoms with E-state index in [9.17, 15) is 9.59 Å². The monoisotopic (exact) mass is 278 g/mol. The van der Waals surface area contributed by atoms with Crippen molar-refractivity contribution in [2.75, 3.05) is 0 Å². The fourth-order valence-electron chi connectivity index (χ4n) is 0.987. The van der Waals surface area contributed by atoms with Crippen LogP contribution in [-0.4, -0.2) is 28.4 Å². The Morgan fingerprint density at radius 1 is 1.30 bits per heavy atom. The molecule has 1 atom stereocenters. The average Bonchev–Trinajstić information content (AvgIpc) is 2.37.